The lowest BCUT2D eigenvalue weighted by Gasteiger charge is -2.12. The molecule has 0 fully saturated rings. The fourth-order valence-electron chi connectivity index (χ4n) is 1.62. The van der Waals surface area contributed by atoms with E-state index < -0.39 is 4.92 Å². The van der Waals surface area contributed by atoms with Gasteiger partial charge in [-0.3, -0.25) is 14.9 Å². The number of hydrogen-bond donors (Lipinski definition) is 1. The van der Waals surface area contributed by atoms with Gasteiger partial charge < -0.3 is 5.32 Å². The lowest BCUT2D eigenvalue weighted by atomic mass is 10.1. The molecule has 0 radical (unpaired) electrons. The summed E-state index contributed by atoms with van der Waals surface area (Å²) in [5.74, 6) is -0.225. The molecule has 5 nitrogen and oxygen atoms in total. The maximum Gasteiger partial charge on any atom is 0.324 e. The van der Waals surface area contributed by atoms with E-state index in [1.807, 2.05) is 6.92 Å². The third-order valence-electron chi connectivity index (χ3n) is 2.61. The zero-order chi connectivity index (χ0) is 13.5. The summed E-state index contributed by atoms with van der Waals surface area (Å²) in [5, 5.41) is 13.4. The maximum atomic E-state index is 11.8. The van der Waals surface area contributed by atoms with Gasteiger partial charge in [0, 0.05) is 12.1 Å². The van der Waals surface area contributed by atoms with Crippen LogP contribution in [-0.2, 0) is 0 Å². The predicted molar refractivity (Wildman–Crippen MR) is 72.0 cm³/mol. The normalized spacial score (nSPS) is 12.1. The monoisotopic (exact) mass is 270 g/mol. The summed E-state index contributed by atoms with van der Waals surface area (Å²) in [6.07, 6.45) is 4.33. The van der Waals surface area contributed by atoms with Crippen LogP contribution < -0.4 is 5.32 Å². The standard InChI is InChI=1S/C12H18N2O3S/c1-3-4-5-6-9(2)13-12(15)10-7-8-11(18-10)14(16)17/h7-9H,3-6H2,1-2H3,(H,13,15)/t9-/m0/s1. The second-order valence-electron chi connectivity index (χ2n) is 4.27. The van der Waals surface area contributed by atoms with Crippen molar-refractivity contribution in [3.05, 3.63) is 27.1 Å². The molecule has 1 rings (SSSR count). The second kappa shape index (κ2) is 7.10. The highest BCUT2D eigenvalue weighted by Gasteiger charge is 2.16. The Balaban J connectivity index is 2.46. The van der Waals surface area contributed by atoms with Crippen LogP contribution in [0.25, 0.3) is 0 Å². The number of unbranched alkanes of at least 4 members (excludes halogenated alkanes) is 2. The third-order valence-corrected chi connectivity index (χ3v) is 3.65. The van der Waals surface area contributed by atoms with Crippen molar-refractivity contribution in [1.82, 2.24) is 5.32 Å². The first-order valence-electron chi connectivity index (χ1n) is 6.09. The summed E-state index contributed by atoms with van der Waals surface area (Å²) >= 11 is 0.908. The summed E-state index contributed by atoms with van der Waals surface area (Å²) in [4.78, 5) is 22.2. The minimum Gasteiger partial charge on any atom is -0.349 e. The zero-order valence-electron chi connectivity index (χ0n) is 10.6. The van der Waals surface area contributed by atoms with Crippen LogP contribution in [0.3, 0.4) is 0 Å². The number of nitro groups is 1. The van der Waals surface area contributed by atoms with Gasteiger partial charge in [-0.1, -0.05) is 37.5 Å². The quantitative estimate of drug-likeness (QED) is 0.469. The van der Waals surface area contributed by atoms with Crippen LogP contribution in [0, 0.1) is 10.1 Å². The second-order valence-corrected chi connectivity index (χ2v) is 5.33. The van der Waals surface area contributed by atoms with Crippen molar-refractivity contribution in [3.8, 4) is 0 Å². The zero-order valence-corrected chi connectivity index (χ0v) is 11.5. The van der Waals surface area contributed by atoms with Crippen LogP contribution in [-0.4, -0.2) is 16.9 Å². The van der Waals surface area contributed by atoms with E-state index in [0.29, 0.717) is 4.88 Å². The molecule has 0 saturated carbocycles. The van der Waals surface area contributed by atoms with Gasteiger partial charge in [-0.05, 0) is 19.4 Å². The molecule has 1 atom stereocenters. The molecule has 100 valence electrons. The van der Waals surface area contributed by atoms with Crippen molar-refractivity contribution >= 4 is 22.2 Å². The molecule has 0 aliphatic heterocycles. The van der Waals surface area contributed by atoms with Gasteiger partial charge in [-0.15, -0.1) is 0 Å². The van der Waals surface area contributed by atoms with Crippen LogP contribution in [0.4, 0.5) is 5.00 Å². The Morgan fingerprint density at radius 3 is 2.78 bits per heavy atom. The summed E-state index contributed by atoms with van der Waals surface area (Å²) in [6, 6.07) is 2.96. The van der Waals surface area contributed by atoms with Crippen LogP contribution in [0.2, 0.25) is 0 Å². The lowest BCUT2D eigenvalue weighted by molar-refractivity contribution is -0.380. The topological polar surface area (TPSA) is 72.2 Å². The molecular weight excluding hydrogens is 252 g/mol. The Morgan fingerprint density at radius 1 is 1.50 bits per heavy atom. The number of nitrogens with one attached hydrogen (secondary N) is 1. The Labute approximate surface area is 110 Å². The van der Waals surface area contributed by atoms with Gasteiger partial charge in [-0.25, -0.2) is 0 Å². The molecular formula is C12H18N2O3S. The number of carbonyl (C=O) groups is 1. The van der Waals surface area contributed by atoms with E-state index in [9.17, 15) is 14.9 Å². The van der Waals surface area contributed by atoms with Crippen molar-refractivity contribution in [2.75, 3.05) is 0 Å². The van der Waals surface area contributed by atoms with Crippen molar-refractivity contribution < 1.29 is 9.72 Å². The Morgan fingerprint density at radius 2 is 2.22 bits per heavy atom. The molecule has 1 aromatic heterocycles. The van der Waals surface area contributed by atoms with E-state index in [1.165, 1.54) is 12.1 Å². The molecule has 0 spiro atoms. The third kappa shape index (κ3) is 4.44. The molecule has 0 unspecified atom stereocenters. The average Bonchev–Trinajstić information content (AvgIpc) is 2.78. The van der Waals surface area contributed by atoms with Gasteiger partial charge in [0.25, 0.3) is 5.91 Å². The molecule has 0 saturated heterocycles. The maximum absolute atomic E-state index is 11.8. The van der Waals surface area contributed by atoms with Gasteiger partial charge in [-0.2, -0.15) is 0 Å². The lowest BCUT2D eigenvalue weighted by Crippen LogP contribution is -2.31. The molecule has 1 heterocycles. The summed E-state index contributed by atoms with van der Waals surface area (Å²) in [7, 11) is 0. The molecule has 1 amide bonds. The number of carbonyl (C=O) groups excluding carboxylic acids is 1. The van der Waals surface area contributed by atoms with Crippen LogP contribution in [0.15, 0.2) is 12.1 Å². The average molecular weight is 270 g/mol. The molecule has 6 heteroatoms. The summed E-state index contributed by atoms with van der Waals surface area (Å²) in [6.45, 7) is 4.09. The largest absolute Gasteiger partial charge is 0.349 e. The molecule has 0 bridgehead atoms. The molecule has 1 N–H and O–H groups in total. The fourth-order valence-corrected chi connectivity index (χ4v) is 2.34. The highest BCUT2D eigenvalue weighted by molar-refractivity contribution is 7.17. The molecule has 0 aromatic carbocycles. The first-order chi connectivity index (χ1) is 8.54. The predicted octanol–water partition coefficient (Wildman–Crippen LogP) is 3.35. The van der Waals surface area contributed by atoms with E-state index in [1.54, 1.807) is 0 Å². The fraction of sp³-hybridized carbons (Fsp3) is 0.583. The minimum atomic E-state index is -0.480. The van der Waals surface area contributed by atoms with Gasteiger partial charge >= 0.3 is 5.00 Å². The van der Waals surface area contributed by atoms with E-state index >= 15 is 0 Å². The van der Waals surface area contributed by atoms with Crippen molar-refractivity contribution in [1.29, 1.82) is 0 Å². The van der Waals surface area contributed by atoms with E-state index in [0.717, 1.165) is 37.0 Å². The smallest absolute Gasteiger partial charge is 0.324 e. The van der Waals surface area contributed by atoms with Gasteiger partial charge in [0.05, 0.1) is 9.80 Å². The molecule has 0 aliphatic carbocycles. The Kier molecular flexibility index (Phi) is 5.77. The van der Waals surface area contributed by atoms with Crippen LogP contribution >= 0.6 is 11.3 Å². The van der Waals surface area contributed by atoms with Gasteiger partial charge in [0.1, 0.15) is 0 Å². The summed E-state index contributed by atoms with van der Waals surface area (Å²) in [5.41, 5.74) is 0. The Hall–Kier alpha value is -1.43. The number of rotatable bonds is 7. The minimum absolute atomic E-state index is 0.00112. The van der Waals surface area contributed by atoms with E-state index in [-0.39, 0.29) is 17.0 Å². The Bertz CT molecular complexity index is 417. The highest BCUT2D eigenvalue weighted by atomic mass is 32.1. The van der Waals surface area contributed by atoms with Crippen molar-refractivity contribution in [2.24, 2.45) is 0 Å². The van der Waals surface area contributed by atoms with E-state index in [4.69, 9.17) is 0 Å². The summed E-state index contributed by atoms with van der Waals surface area (Å²) < 4.78 is 0. The first-order valence-corrected chi connectivity index (χ1v) is 6.91. The van der Waals surface area contributed by atoms with Gasteiger partial charge in [0.15, 0.2) is 0 Å². The molecule has 0 aliphatic rings. The highest BCUT2D eigenvalue weighted by Crippen LogP contribution is 2.23. The first kappa shape index (κ1) is 14.6. The van der Waals surface area contributed by atoms with Crippen LogP contribution in [0.1, 0.15) is 49.2 Å². The molecule has 18 heavy (non-hydrogen) atoms. The van der Waals surface area contributed by atoms with E-state index in [2.05, 4.69) is 12.2 Å². The van der Waals surface area contributed by atoms with Crippen LogP contribution in [0.5, 0.6) is 0 Å². The van der Waals surface area contributed by atoms with Crippen molar-refractivity contribution in [2.45, 2.75) is 45.6 Å². The SMILES string of the molecule is CCCCC[C@H](C)NC(=O)c1ccc([N+](=O)[O-])s1. The van der Waals surface area contributed by atoms with Crippen molar-refractivity contribution in [3.63, 3.8) is 0 Å². The number of amides is 1. The number of hydrogen-bond acceptors (Lipinski definition) is 4. The van der Waals surface area contributed by atoms with Gasteiger partial charge in [0.2, 0.25) is 0 Å². The number of thiophene rings is 1. The molecule has 1 aromatic rings. The number of nitrogens with zero attached hydrogens (tertiary/aromatic N) is 1.